The van der Waals surface area contributed by atoms with Gasteiger partial charge in [-0.15, -0.1) is 0 Å². The van der Waals surface area contributed by atoms with Crippen LogP contribution in [0.15, 0.2) is 36.4 Å². The van der Waals surface area contributed by atoms with E-state index in [0.717, 1.165) is 36.2 Å². The SMILES string of the molecule is O=C(NCC1CCN(C(=O)Nc2ccc(F)cc2)CC1)C(=O)Nc1cc2c3c(c1)CCC(=O)N3CCC2. The summed E-state index contributed by atoms with van der Waals surface area (Å²) in [6.07, 6.45) is 4.20. The van der Waals surface area contributed by atoms with Gasteiger partial charge in [-0.25, -0.2) is 9.18 Å². The van der Waals surface area contributed by atoms with Gasteiger partial charge in [0.1, 0.15) is 5.82 Å². The van der Waals surface area contributed by atoms with E-state index in [-0.39, 0.29) is 23.7 Å². The molecule has 0 radical (unpaired) electrons. The van der Waals surface area contributed by atoms with Crippen molar-refractivity contribution in [2.24, 2.45) is 5.92 Å². The first-order chi connectivity index (χ1) is 17.9. The van der Waals surface area contributed by atoms with E-state index >= 15 is 0 Å². The zero-order valence-corrected chi connectivity index (χ0v) is 20.5. The van der Waals surface area contributed by atoms with Crippen LogP contribution in [0.4, 0.5) is 26.2 Å². The Morgan fingerprint density at radius 2 is 1.57 bits per heavy atom. The van der Waals surface area contributed by atoms with Gasteiger partial charge in [-0.05, 0) is 85.5 Å². The van der Waals surface area contributed by atoms with Gasteiger partial charge >= 0.3 is 17.8 Å². The highest BCUT2D eigenvalue weighted by molar-refractivity contribution is 6.39. The van der Waals surface area contributed by atoms with E-state index in [1.807, 2.05) is 17.0 Å². The van der Waals surface area contributed by atoms with Gasteiger partial charge in [-0.3, -0.25) is 14.4 Å². The minimum Gasteiger partial charge on any atom is -0.348 e. The van der Waals surface area contributed by atoms with Gasteiger partial charge in [0.25, 0.3) is 0 Å². The Labute approximate surface area is 214 Å². The third-order valence-electron chi connectivity index (χ3n) is 7.29. The summed E-state index contributed by atoms with van der Waals surface area (Å²) < 4.78 is 13.0. The summed E-state index contributed by atoms with van der Waals surface area (Å²) in [5.41, 5.74) is 4.14. The van der Waals surface area contributed by atoms with Gasteiger partial charge in [0.05, 0.1) is 5.69 Å². The minimum atomic E-state index is -0.720. The van der Waals surface area contributed by atoms with Crippen LogP contribution in [0.25, 0.3) is 0 Å². The third-order valence-corrected chi connectivity index (χ3v) is 7.29. The minimum absolute atomic E-state index is 0.143. The second kappa shape index (κ2) is 10.6. The fourth-order valence-corrected chi connectivity index (χ4v) is 5.31. The maximum Gasteiger partial charge on any atom is 0.321 e. The Morgan fingerprint density at radius 1 is 0.865 bits per heavy atom. The molecule has 5 rings (SSSR count). The number of halogens is 1. The lowest BCUT2D eigenvalue weighted by atomic mass is 9.91. The first kappa shape index (κ1) is 24.7. The average molecular weight is 508 g/mol. The summed E-state index contributed by atoms with van der Waals surface area (Å²) in [6.45, 7) is 2.13. The Hall–Kier alpha value is -3.95. The molecule has 9 nitrogen and oxygen atoms in total. The standard InChI is InChI=1S/C27H30FN5O4/c28-20-4-6-21(7-5-20)31-27(37)32-12-9-17(10-13-32)16-29-25(35)26(36)30-22-14-18-2-1-11-33-23(34)8-3-19(15-22)24(18)33/h4-7,14-15,17H,1-3,8-13,16H2,(H,29,35)(H,30,36)(H,31,37). The third kappa shape index (κ3) is 5.58. The number of carbonyl (C=O) groups is 4. The van der Waals surface area contributed by atoms with E-state index in [2.05, 4.69) is 16.0 Å². The van der Waals surface area contributed by atoms with Gasteiger partial charge in [0.2, 0.25) is 5.91 Å². The number of anilines is 3. The van der Waals surface area contributed by atoms with Crippen LogP contribution in [0.2, 0.25) is 0 Å². The number of rotatable bonds is 4. The molecule has 3 aliphatic heterocycles. The number of hydrogen-bond acceptors (Lipinski definition) is 4. The van der Waals surface area contributed by atoms with E-state index in [9.17, 15) is 23.6 Å². The fourth-order valence-electron chi connectivity index (χ4n) is 5.31. The molecule has 3 aliphatic rings. The highest BCUT2D eigenvalue weighted by atomic mass is 19.1. The number of carbonyl (C=O) groups excluding carboxylic acids is 4. The highest BCUT2D eigenvalue weighted by Crippen LogP contribution is 2.37. The summed E-state index contributed by atoms with van der Waals surface area (Å²) in [7, 11) is 0. The summed E-state index contributed by atoms with van der Waals surface area (Å²) in [6, 6.07) is 9.08. The molecule has 0 aromatic heterocycles. The Balaban J connectivity index is 1.08. The zero-order chi connectivity index (χ0) is 25.9. The molecule has 194 valence electrons. The summed E-state index contributed by atoms with van der Waals surface area (Å²) in [5.74, 6) is -1.48. The first-order valence-electron chi connectivity index (χ1n) is 12.7. The van der Waals surface area contributed by atoms with Crippen LogP contribution in [-0.2, 0) is 27.2 Å². The normalized spacial score (nSPS) is 17.2. The Bertz CT molecular complexity index is 1210. The Kier molecular flexibility index (Phi) is 7.07. The summed E-state index contributed by atoms with van der Waals surface area (Å²) >= 11 is 0. The van der Waals surface area contributed by atoms with Crippen molar-refractivity contribution in [1.82, 2.24) is 10.2 Å². The van der Waals surface area contributed by atoms with Crippen molar-refractivity contribution < 1.29 is 23.6 Å². The number of nitrogens with zero attached hydrogens (tertiary/aromatic N) is 2. The molecule has 3 N–H and O–H groups in total. The Morgan fingerprint density at radius 3 is 2.30 bits per heavy atom. The smallest absolute Gasteiger partial charge is 0.321 e. The van der Waals surface area contributed by atoms with Gasteiger partial charge in [0, 0.05) is 44.0 Å². The fraction of sp³-hybridized carbons (Fsp3) is 0.407. The molecule has 5 amide bonds. The van der Waals surface area contributed by atoms with Crippen molar-refractivity contribution in [2.75, 3.05) is 41.7 Å². The molecule has 0 atom stereocenters. The van der Waals surface area contributed by atoms with Crippen molar-refractivity contribution in [2.45, 2.75) is 38.5 Å². The number of nitrogens with one attached hydrogen (secondary N) is 3. The van der Waals surface area contributed by atoms with E-state index in [1.54, 1.807) is 4.90 Å². The lowest BCUT2D eigenvalue weighted by Gasteiger charge is -2.35. The predicted octanol–water partition coefficient (Wildman–Crippen LogP) is 3.05. The average Bonchev–Trinajstić information content (AvgIpc) is 2.90. The quantitative estimate of drug-likeness (QED) is 0.553. The van der Waals surface area contributed by atoms with Gasteiger partial charge in [0.15, 0.2) is 0 Å². The number of benzene rings is 2. The van der Waals surface area contributed by atoms with Crippen molar-refractivity contribution >= 4 is 40.8 Å². The highest BCUT2D eigenvalue weighted by Gasteiger charge is 2.30. The second-order valence-corrected chi connectivity index (χ2v) is 9.82. The number of likely N-dealkylation sites (tertiary alicyclic amines) is 1. The van der Waals surface area contributed by atoms with Crippen LogP contribution in [0.3, 0.4) is 0 Å². The van der Waals surface area contributed by atoms with E-state index in [1.165, 1.54) is 24.3 Å². The zero-order valence-electron chi connectivity index (χ0n) is 20.5. The van der Waals surface area contributed by atoms with Gasteiger partial charge < -0.3 is 25.8 Å². The molecular formula is C27H30FN5O4. The van der Waals surface area contributed by atoms with Crippen molar-refractivity contribution in [1.29, 1.82) is 0 Å². The maximum atomic E-state index is 13.0. The largest absolute Gasteiger partial charge is 0.348 e. The predicted molar refractivity (Wildman–Crippen MR) is 137 cm³/mol. The van der Waals surface area contributed by atoms with Crippen molar-refractivity contribution in [3.05, 3.63) is 53.3 Å². The van der Waals surface area contributed by atoms with Crippen LogP contribution >= 0.6 is 0 Å². The molecule has 0 spiro atoms. The van der Waals surface area contributed by atoms with Crippen LogP contribution in [0, 0.1) is 11.7 Å². The molecule has 1 fully saturated rings. The van der Waals surface area contributed by atoms with Gasteiger partial charge in [-0.1, -0.05) is 0 Å². The molecule has 2 aromatic rings. The van der Waals surface area contributed by atoms with E-state index in [4.69, 9.17) is 0 Å². The second-order valence-electron chi connectivity index (χ2n) is 9.82. The topological polar surface area (TPSA) is 111 Å². The van der Waals surface area contributed by atoms with E-state index in [0.29, 0.717) is 56.7 Å². The van der Waals surface area contributed by atoms with Gasteiger partial charge in [-0.2, -0.15) is 0 Å². The molecule has 0 saturated carbocycles. The summed E-state index contributed by atoms with van der Waals surface area (Å²) in [5, 5.41) is 8.19. The van der Waals surface area contributed by atoms with Crippen LogP contribution < -0.4 is 20.9 Å². The molecule has 37 heavy (non-hydrogen) atoms. The van der Waals surface area contributed by atoms with E-state index < -0.39 is 11.8 Å². The number of amides is 5. The molecule has 2 aromatic carbocycles. The van der Waals surface area contributed by atoms with Crippen LogP contribution in [0.5, 0.6) is 0 Å². The monoisotopic (exact) mass is 507 g/mol. The molecule has 0 aliphatic carbocycles. The molecule has 3 heterocycles. The number of urea groups is 1. The number of hydrogen-bond donors (Lipinski definition) is 3. The molecular weight excluding hydrogens is 477 g/mol. The molecule has 0 bridgehead atoms. The molecule has 1 saturated heterocycles. The number of piperidine rings is 1. The number of aryl methyl sites for hydroxylation is 2. The van der Waals surface area contributed by atoms with Crippen LogP contribution in [0.1, 0.15) is 36.8 Å². The lowest BCUT2D eigenvalue weighted by Crippen LogP contribution is -2.44. The lowest BCUT2D eigenvalue weighted by molar-refractivity contribution is -0.136. The van der Waals surface area contributed by atoms with Crippen molar-refractivity contribution in [3.8, 4) is 0 Å². The molecule has 0 unspecified atom stereocenters. The molecule has 10 heteroatoms. The van der Waals surface area contributed by atoms with Crippen LogP contribution in [-0.4, -0.2) is 54.8 Å². The first-order valence-corrected chi connectivity index (χ1v) is 12.7. The summed E-state index contributed by atoms with van der Waals surface area (Å²) in [4.78, 5) is 53.2. The van der Waals surface area contributed by atoms with Crippen molar-refractivity contribution in [3.63, 3.8) is 0 Å². The maximum absolute atomic E-state index is 13.0.